The summed E-state index contributed by atoms with van der Waals surface area (Å²) in [6.45, 7) is 7.80. The Labute approximate surface area is 120 Å². The molecule has 0 radical (unpaired) electrons. The molecule has 114 valence electrons. The number of ether oxygens (including phenoxy) is 1. The van der Waals surface area contributed by atoms with E-state index >= 15 is 0 Å². The molecule has 0 spiro atoms. The minimum Gasteiger partial charge on any atom is -0.394 e. The number of rotatable bonds is 6. The van der Waals surface area contributed by atoms with Gasteiger partial charge in [0, 0.05) is 18.6 Å². The zero-order valence-corrected chi connectivity index (χ0v) is 12.9. The average Bonchev–Trinajstić information content (AvgIpc) is 2.37. The predicted octanol–water partition coefficient (Wildman–Crippen LogP) is 1.08. The lowest BCUT2D eigenvalue weighted by Crippen LogP contribution is -2.43. The van der Waals surface area contributed by atoms with E-state index in [9.17, 15) is 10.2 Å². The number of hydrogen-bond acceptors (Lipinski definition) is 6. The number of nitrogens with zero attached hydrogens (tertiary/aromatic N) is 2. The van der Waals surface area contributed by atoms with Crippen LogP contribution in [0.5, 0.6) is 0 Å². The van der Waals surface area contributed by atoms with Crippen LogP contribution in [0.2, 0.25) is 0 Å². The van der Waals surface area contributed by atoms with Crippen LogP contribution in [0, 0.1) is 0 Å². The number of hydrogen-bond donors (Lipinski definition) is 3. The van der Waals surface area contributed by atoms with Crippen LogP contribution in [0.4, 0.5) is 5.82 Å². The van der Waals surface area contributed by atoms with E-state index < -0.39 is 5.54 Å². The molecular formula is C14H25N3O3. The van der Waals surface area contributed by atoms with Crippen molar-refractivity contribution in [1.29, 1.82) is 0 Å². The van der Waals surface area contributed by atoms with Gasteiger partial charge in [0.1, 0.15) is 11.6 Å². The molecule has 0 fully saturated rings. The van der Waals surface area contributed by atoms with E-state index in [4.69, 9.17) is 4.74 Å². The molecule has 6 nitrogen and oxygen atoms in total. The molecule has 0 aliphatic heterocycles. The number of nitrogens with one attached hydrogen (secondary N) is 1. The lowest BCUT2D eigenvalue weighted by atomic mass is 9.95. The Morgan fingerprint density at radius 3 is 2.20 bits per heavy atom. The van der Waals surface area contributed by atoms with Crippen molar-refractivity contribution in [3.63, 3.8) is 0 Å². The summed E-state index contributed by atoms with van der Waals surface area (Å²) in [5, 5.41) is 21.8. The summed E-state index contributed by atoms with van der Waals surface area (Å²) < 4.78 is 5.12. The molecule has 1 heterocycles. The Morgan fingerprint density at radius 1 is 1.15 bits per heavy atom. The second-order valence-corrected chi connectivity index (χ2v) is 6.25. The lowest BCUT2D eigenvalue weighted by molar-refractivity contribution is 0.147. The Bertz CT molecular complexity index is 440. The molecule has 3 N–H and O–H groups in total. The largest absolute Gasteiger partial charge is 0.394 e. The molecule has 0 aliphatic rings. The van der Waals surface area contributed by atoms with Gasteiger partial charge >= 0.3 is 0 Å². The van der Waals surface area contributed by atoms with Crippen LogP contribution in [-0.2, 0) is 16.8 Å². The zero-order chi connectivity index (χ0) is 15.4. The second kappa shape index (κ2) is 6.47. The number of aliphatic hydroxyl groups is 2. The first kappa shape index (κ1) is 16.8. The van der Waals surface area contributed by atoms with Crippen LogP contribution < -0.4 is 5.32 Å². The van der Waals surface area contributed by atoms with Gasteiger partial charge in [0.2, 0.25) is 0 Å². The van der Waals surface area contributed by atoms with Gasteiger partial charge in [0.05, 0.1) is 31.1 Å². The topological polar surface area (TPSA) is 87.5 Å². The molecule has 20 heavy (non-hydrogen) atoms. The fourth-order valence-electron chi connectivity index (χ4n) is 1.56. The monoisotopic (exact) mass is 283 g/mol. The fourth-order valence-corrected chi connectivity index (χ4v) is 1.56. The van der Waals surface area contributed by atoms with Crippen molar-refractivity contribution in [3.8, 4) is 0 Å². The number of aromatic nitrogens is 2. The van der Waals surface area contributed by atoms with Crippen LogP contribution in [0.1, 0.15) is 39.2 Å². The van der Waals surface area contributed by atoms with E-state index in [0.29, 0.717) is 18.2 Å². The summed E-state index contributed by atoms with van der Waals surface area (Å²) in [6, 6.07) is 1.77. The van der Waals surface area contributed by atoms with Crippen molar-refractivity contribution in [1.82, 2.24) is 9.97 Å². The van der Waals surface area contributed by atoms with Crippen molar-refractivity contribution in [2.45, 2.75) is 45.3 Å². The first-order valence-corrected chi connectivity index (χ1v) is 6.61. The van der Waals surface area contributed by atoms with Crippen molar-refractivity contribution >= 4 is 5.82 Å². The highest BCUT2D eigenvalue weighted by atomic mass is 16.5. The maximum Gasteiger partial charge on any atom is 0.136 e. The molecule has 0 saturated heterocycles. The molecule has 0 atom stereocenters. The number of anilines is 1. The van der Waals surface area contributed by atoms with E-state index in [2.05, 4.69) is 15.3 Å². The van der Waals surface area contributed by atoms with E-state index in [0.717, 1.165) is 5.69 Å². The third-order valence-electron chi connectivity index (χ3n) is 2.87. The number of methoxy groups -OCH3 is 1. The SMILES string of the molecule is COCc1cc(NC(C)(CO)CO)nc(C(C)(C)C)n1. The average molecular weight is 283 g/mol. The summed E-state index contributed by atoms with van der Waals surface area (Å²) in [6.07, 6.45) is 0. The summed E-state index contributed by atoms with van der Waals surface area (Å²) in [5.41, 5.74) is -0.267. The first-order chi connectivity index (χ1) is 9.24. The lowest BCUT2D eigenvalue weighted by Gasteiger charge is -2.28. The zero-order valence-electron chi connectivity index (χ0n) is 12.9. The van der Waals surface area contributed by atoms with Gasteiger partial charge in [-0.25, -0.2) is 9.97 Å². The quantitative estimate of drug-likeness (QED) is 0.724. The molecule has 1 rings (SSSR count). The minimum atomic E-state index is -0.826. The van der Waals surface area contributed by atoms with Gasteiger partial charge in [-0.15, -0.1) is 0 Å². The van der Waals surface area contributed by atoms with Crippen molar-refractivity contribution < 1.29 is 14.9 Å². The first-order valence-electron chi connectivity index (χ1n) is 6.61. The van der Waals surface area contributed by atoms with Crippen LogP contribution in [-0.4, -0.2) is 46.0 Å². The Balaban J connectivity index is 3.15. The van der Waals surface area contributed by atoms with Crippen molar-refractivity contribution in [2.75, 3.05) is 25.6 Å². The third-order valence-corrected chi connectivity index (χ3v) is 2.87. The molecule has 0 aliphatic carbocycles. The Hall–Kier alpha value is -1.24. The van der Waals surface area contributed by atoms with Crippen LogP contribution in [0.3, 0.4) is 0 Å². The van der Waals surface area contributed by atoms with Gasteiger partial charge in [-0.1, -0.05) is 20.8 Å². The summed E-state index contributed by atoms with van der Waals surface area (Å²) in [4.78, 5) is 8.94. The fraction of sp³-hybridized carbons (Fsp3) is 0.714. The van der Waals surface area contributed by atoms with Gasteiger partial charge in [0.15, 0.2) is 0 Å². The Kier molecular flexibility index (Phi) is 5.44. The van der Waals surface area contributed by atoms with Crippen molar-refractivity contribution in [3.05, 3.63) is 17.6 Å². The second-order valence-electron chi connectivity index (χ2n) is 6.25. The summed E-state index contributed by atoms with van der Waals surface area (Å²) in [5.74, 6) is 1.26. The van der Waals surface area contributed by atoms with Crippen LogP contribution in [0.25, 0.3) is 0 Å². The van der Waals surface area contributed by atoms with Gasteiger partial charge in [0.25, 0.3) is 0 Å². The smallest absolute Gasteiger partial charge is 0.136 e. The summed E-state index contributed by atoms with van der Waals surface area (Å²) in [7, 11) is 1.61. The van der Waals surface area contributed by atoms with E-state index in [1.807, 2.05) is 20.8 Å². The molecule has 1 aromatic rings. The normalized spacial score (nSPS) is 12.6. The van der Waals surface area contributed by atoms with E-state index in [1.54, 1.807) is 20.1 Å². The van der Waals surface area contributed by atoms with E-state index in [1.165, 1.54) is 0 Å². The Morgan fingerprint density at radius 2 is 1.75 bits per heavy atom. The van der Waals surface area contributed by atoms with Gasteiger partial charge in [-0.2, -0.15) is 0 Å². The molecule has 1 aromatic heterocycles. The van der Waals surface area contributed by atoms with Gasteiger partial charge < -0.3 is 20.3 Å². The molecule has 0 saturated carbocycles. The highest BCUT2D eigenvalue weighted by Gasteiger charge is 2.25. The maximum absolute atomic E-state index is 9.36. The van der Waals surface area contributed by atoms with Crippen molar-refractivity contribution in [2.24, 2.45) is 0 Å². The molecule has 0 unspecified atom stereocenters. The van der Waals surface area contributed by atoms with Crippen LogP contribution in [0.15, 0.2) is 6.07 Å². The van der Waals surface area contributed by atoms with Gasteiger partial charge in [-0.3, -0.25) is 0 Å². The van der Waals surface area contributed by atoms with Crippen LogP contribution >= 0.6 is 0 Å². The highest BCUT2D eigenvalue weighted by Crippen LogP contribution is 2.22. The molecule has 6 heteroatoms. The third kappa shape index (κ3) is 4.40. The molecular weight excluding hydrogens is 258 g/mol. The molecule has 0 aromatic carbocycles. The number of aliphatic hydroxyl groups excluding tert-OH is 2. The molecule has 0 bridgehead atoms. The van der Waals surface area contributed by atoms with Gasteiger partial charge in [-0.05, 0) is 6.92 Å². The predicted molar refractivity (Wildman–Crippen MR) is 77.6 cm³/mol. The standard InChI is InChI=1S/C14H25N3O3/c1-13(2,3)12-15-10(7-20-5)6-11(16-12)17-14(4,8-18)9-19/h6,18-19H,7-9H2,1-5H3,(H,15,16,17). The highest BCUT2D eigenvalue weighted by molar-refractivity contribution is 5.40. The minimum absolute atomic E-state index is 0.196. The molecule has 0 amide bonds. The summed E-state index contributed by atoms with van der Waals surface area (Å²) >= 11 is 0. The van der Waals surface area contributed by atoms with E-state index in [-0.39, 0.29) is 18.6 Å². The maximum atomic E-state index is 9.36.